The molecule has 4 heteroatoms. The molecule has 23 heavy (non-hydrogen) atoms. The Hall–Kier alpha value is -2.33. The lowest BCUT2D eigenvalue weighted by Gasteiger charge is -2.14. The summed E-state index contributed by atoms with van der Waals surface area (Å²) in [6, 6.07) is 14.3. The number of anilines is 1. The van der Waals surface area contributed by atoms with Gasteiger partial charge in [0.2, 0.25) is 6.41 Å². The first kappa shape index (κ1) is 17.0. The number of nitrogens with one attached hydrogen (secondary N) is 2. The fourth-order valence-corrected chi connectivity index (χ4v) is 2.53. The molecule has 0 aromatic heterocycles. The van der Waals surface area contributed by atoms with Crippen molar-refractivity contribution in [1.29, 1.82) is 0 Å². The van der Waals surface area contributed by atoms with E-state index in [2.05, 4.69) is 48.7 Å². The third kappa shape index (κ3) is 5.42. The minimum atomic E-state index is 0.0848. The van der Waals surface area contributed by atoms with Crippen LogP contribution in [-0.4, -0.2) is 24.1 Å². The molecule has 3 N–H and O–H groups in total. The molecular formula is C19H24N2O2. The number of hydrogen-bond donors (Lipinski definition) is 3. The minimum Gasteiger partial charge on any atom is -0.506 e. The van der Waals surface area contributed by atoms with E-state index in [-0.39, 0.29) is 5.75 Å². The summed E-state index contributed by atoms with van der Waals surface area (Å²) >= 11 is 0. The Bertz CT molecular complexity index is 638. The van der Waals surface area contributed by atoms with Crippen LogP contribution in [-0.2, 0) is 17.6 Å². The van der Waals surface area contributed by atoms with E-state index in [9.17, 15) is 9.90 Å². The van der Waals surface area contributed by atoms with Crippen LogP contribution in [0.15, 0.2) is 42.5 Å². The Morgan fingerprint density at radius 1 is 1.13 bits per heavy atom. The predicted octanol–water partition coefficient (Wildman–Crippen LogP) is 3.03. The van der Waals surface area contributed by atoms with E-state index >= 15 is 0 Å². The van der Waals surface area contributed by atoms with Gasteiger partial charge < -0.3 is 15.7 Å². The van der Waals surface area contributed by atoms with Gasteiger partial charge in [-0.1, -0.05) is 35.9 Å². The summed E-state index contributed by atoms with van der Waals surface area (Å²) < 4.78 is 0. The molecule has 0 spiro atoms. The van der Waals surface area contributed by atoms with Gasteiger partial charge in [-0.05, 0) is 56.5 Å². The van der Waals surface area contributed by atoms with Crippen molar-refractivity contribution in [2.75, 3.05) is 11.9 Å². The molecular weight excluding hydrogens is 288 g/mol. The van der Waals surface area contributed by atoms with E-state index in [1.807, 2.05) is 6.07 Å². The maximum absolute atomic E-state index is 10.5. The Morgan fingerprint density at radius 3 is 2.52 bits per heavy atom. The lowest BCUT2D eigenvalue weighted by Crippen LogP contribution is -2.30. The van der Waals surface area contributed by atoms with Gasteiger partial charge in [0.15, 0.2) is 0 Å². The van der Waals surface area contributed by atoms with Crippen LogP contribution in [0.4, 0.5) is 5.69 Å². The Morgan fingerprint density at radius 2 is 1.83 bits per heavy atom. The maximum atomic E-state index is 10.5. The molecule has 0 aliphatic rings. The highest BCUT2D eigenvalue weighted by atomic mass is 16.3. The van der Waals surface area contributed by atoms with E-state index in [1.165, 1.54) is 11.1 Å². The molecule has 122 valence electrons. The van der Waals surface area contributed by atoms with Gasteiger partial charge in [0.05, 0.1) is 5.69 Å². The second-order valence-corrected chi connectivity index (χ2v) is 5.91. The first-order valence-corrected chi connectivity index (χ1v) is 7.89. The quantitative estimate of drug-likeness (QED) is 0.519. The van der Waals surface area contributed by atoms with Crippen molar-refractivity contribution in [3.05, 3.63) is 59.2 Å². The first-order chi connectivity index (χ1) is 11.1. The van der Waals surface area contributed by atoms with Crippen LogP contribution < -0.4 is 10.6 Å². The average molecular weight is 312 g/mol. The van der Waals surface area contributed by atoms with Gasteiger partial charge in [-0.15, -0.1) is 0 Å². The predicted molar refractivity (Wildman–Crippen MR) is 93.8 cm³/mol. The topological polar surface area (TPSA) is 61.4 Å². The summed E-state index contributed by atoms with van der Waals surface area (Å²) in [5.74, 6) is 0.0848. The van der Waals surface area contributed by atoms with Crippen LogP contribution in [0.2, 0.25) is 0 Å². The molecule has 0 saturated carbocycles. The number of amides is 1. The molecule has 2 rings (SSSR count). The van der Waals surface area contributed by atoms with Crippen molar-refractivity contribution in [2.45, 2.75) is 32.7 Å². The van der Waals surface area contributed by atoms with Crippen LogP contribution in [0.1, 0.15) is 23.6 Å². The van der Waals surface area contributed by atoms with Crippen LogP contribution >= 0.6 is 0 Å². The number of benzene rings is 2. The monoisotopic (exact) mass is 312 g/mol. The molecule has 0 bridgehead atoms. The van der Waals surface area contributed by atoms with Gasteiger partial charge in [0.25, 0.3) is 0 Å². The largest absolute Gasteiger partial charge is 0.506 e. The van der Waals surface area contributed by atoms with Gasteiger partial charge in [-0.25, -0.2) is 0 Å². The summed E-state index contributed by atoms with van der Waals surface area (Å²) in [6.45, 7) is 5.12. The van der Waals surface area contributed by atoms with Crippen LogP contribution in [0.5, 0.6) is 5.75 Å². The van der Waals surface area contributed by atoms with E-state index in [0.29, 0.717) is 18.1 Å². The molecule has 4 nitrogen and oxygen atoms in total. The lowest BCUT2D eigenvalue weighted by atomic mass is 10.1. The van der Waals surface area contributed by atoms with E-state index in [0.717, 1.165) is 24.9 Å². The smallest absolute Gasteiger partial charge is 0.211 e. The maximum Gasteiger partial charge on any atom is 0.211 e. The molecule has 0 aliphatic heterocycles. The highest BCUT2D eigenvalue weighted by Gasteiger charge is 2.05. The molecule has 0 fully saturated rings. The number of carbonyl (C=O) groups is 1. The zero-order valence-electron chi connectivity index (χ0n) is 13.7. The van der Waals surface area contributed by atoms with Gasteiger partial charge >= 0.3 is 0 Å². The van der Waals surface area contributed by atoms with Gasteiger partial charge in [0.1, 0.15) is 5.75 Å². The third-order valence-corrected chi connectivity index (χ3v) is 3.84. The molecule has 2 aromatic carbocycles. The van der Waals surface area contributed by atoms with Gasteiger partial charge in [0, 0.05) is 6.04 Å². The molecule has 0 radical (unpaired) electrons. The number of rotatable bonds is 8. The minimum absolute atomic E-state index is 0.0848. The molecule has 2 aromatic rings. The first-order valence-electron chi connectivity index (χ1n) is 7.89. The van der Waals surface area contributed by atoms with E-state index < -0.39 is 0 Å². The summed E-state index contributed by atoms with van der Waals surface area (Å²) in [5, 5.41) is 15.6. The number of phenolic OH excluding ortho intramolecular Hbond substituents is 1. The van der Waals surface area contributed by atoms with E-state index in [1.54, 1.807) is 12.1 Å². The molecule has 0 heterocycles. The van der Waals surface area contributed by atoms with E-state index in [4.69, 9.17) is 0 Å². The number of carbonyl (C=O) groups excluding carboxylic acids is 1. The Labute approximate surface area is 137 Å². The summed E-state index contributed by atoms with van der Waals surface area (Å²) in [4.78, 5) is 10.5. The third-order valence-electron chi connectivity index (χ3n) is 3.84. The fraction of sp³-hybridized carbons (Fsp3) is 0.316. The van der Waals surface area contributed by atoms with Crippen LogP contribution in [0.25, 0.3) is 0 Å². The summed E-state index contributed by atoms with van der Waals surface area (Å²) in [7, 11) is 0. The van der Waals surface area contributed by atoms with Crippen LogP contribution in [0.3, 0.4) is 0 Å². The number of phenols is 1. The second kappa shape index (κ2) is 8.34. The number of aromatic hydroxyl groups is 1. The average Bonchev–Trinajstić information content (AvgIpc) is 2.53. The SMILES string of the molecule is Cc1ccc(C[C@@H](C)NCCc2ccc(O)c(NC=O)c2)cc1. The van der Waals surface area contributed by atoms with Crippen molar-refractivity contribution < 1.29 is 9.90 Å². The van der Waals surface area contributed by atoms with Crippen molar-refractivity contribution in [3.8, 4) is 5.75 Å². The molecule has 1 atom stereocenters. The van der Waals surface area contributed by atoms with Crippen LogP contribution in [0, 0.1) is 6.92 Å². The molecule has 0 aliphatic carbocycles. The highest BCUT2D eigenvalue weighted by Crippen LogP contribution is 2.23. The zero-order chi connectivity index (χ0) is 16.7. The second-order valence-electron chi connectivity index (χ2n) is 5.91. The normalized spacial score (nSPS) is 11.9. The highest BCUT2D eigenvalue weighted by molar-refractivity contribution is 5.75. The Balaban J connectivity index is 1.81. The molecule has 0 saturated heterocycles. The van der Waals surface area contributed by atoms with Crippen molar-refractivity contribution in [1.82, 2.24) is 5.32 Å². The van der Waals surface area contributed by atoms with Gasteiger partial charge in [-0.2, -0.15) is 0 Å². The summed E-state index contributed by atoms with van der Waals surface area (Å²) in [6.07, 6.45) is 2.40. The van der Waals surface area contributed by atoms with Crippen molar-refractivity contribution in [3.63, 3.8) is 0 Å². The molecule has 0 unspecified atom stereocenters. The molecule has 1 amide bonds. The fourth-order valence-electron chi connectivity index (χ4n) is 2.53. The summed E-state index contributed by atoms with van der Waals surface area (Å²) in [5.41, 5.74) is 4.13. The lowest BCUT2D eigenvalue weighted by molar-refractivity contribution is -0.105. The van der Waals surface area contributed by atoms with Crippen molar-refractivity contribution in [2.24, 2.45) is 0 Å². The number of hydrogen-bond acceptors (Lipinski definition) is 3. The zero-order valence-corrected chi connectivity index (χ0v) is 13.7. The van der Waals surface area contributed by atoms with Gasteiger partial charge in [-0.3, -0.25) is 4.79 Å². The standard InChI is InChI=1S/C19H24N2O2/c1-14-3-5-16(6-4-14)11-15(2)20-10-9-17-7-8-19(23)18(12-17)21-13-22/h3-8,12-13,15,20,23H,9-11H2,1-2H3,(H,21,22)/t15-/m1/s1. The Kier molecular flexibility index (Phi) is 6.18. The van der Waals surface area contributed by atoms with Crippen molar-refractivity contribution >= 4 is 12.1 Å². The number of aryl methyl sites for hydroxylation is 1.